The molecule has 4 fully saturated rings. The molecule has 4 aliphatic carbocycles. The lowest BCUT2D eigenvalue weighted by Crippen LogP contribution is -2.53. The summed E-state index contributed by atoms with van der Waals surface area (Å²) in [7, 11) is 0. The molecule has 0 saturated heterocycles. The lowest BCUT2D eigenvalue weighted by atomic mass is 9.44. The molecule has 4 aliphatic rings. The zero-order valence-electron chi connectivity index (χ0n) is 21.6. The van der Waals surface area contributed by atoms with Gasteiger partial charge in [-0.05, 0) is 116 Å². The van der Waals surface area contributed by atoms with E-state index >= 15 is 0 Å². The second-order valence-electron chi connectivity index (χ2n) is 13.2. The summed E-state index contributed by atoms with van der Waals surface area (Å²) < 4.78 is 0. The van der Waals surface area contributed by atoms with Crippen molar-refractivity contribution in [3.05, 3.63) is 0 Å². The van der Waals surface area contributed by atoms with E-state index in [1.807, 2.05) is 13.8 Å². The zero-order chi connectivity index (χ0) is 22.2. The van der Waals surface area contributed by atoms with Crippen LogP contribution in [0.4, 0.5) is 0 Å². The van der Waals surface area contributed by atoms with Gasteiger partial charge in [-0.15, -0.1) is 0 Å². The zero-order valence-corrected chi connectivity index (χ0v) is 21.6. The summed E-state index contributed by atoms with van der Waals surface area (Å²) in [5.41, 5.74) is 1.68. The number of rotatable bonds is 4. The Hall–Kier alpha value is -0.0400. The van der Waals surface area contributed by atoms with Crippen LogP contribution in [-0.2, 0) is 0 Å². The van der Waals surface area contributed by atoms with Gasteiger partial charge in [0.15, 0.2) is 0 Å². The number of hydrogen-bond acceptors (Lipinski definition) is 1. The van der Waals surface area contributed by atoms with E-state index in [0.717, 1.165) is 42.4 Å². The molecule has 0 spiro atoms. The minimum Gasteiger partial charge on any atom is -0.393 e. The number of fused-ring (bicyclic) bond motifs is 5. The fraction of sp³-hybridized carbons (Fsp3) is 1.00. The van der Waals surface area contributed by atoms with Crippen molar-refractivity contribution in [2.75, 3.05) is 0 Å². The highest BCUT2D eigenvalue weighted by Gasteiger charge is 2.59. The van der Waals surface area contributed by atoms with E-state index in [-0.39, 0.29) is 6.10 Å². The average Bonchev–Trinajstić information content (AvgIpc) is 3.03. The molecule has 0 aromatic carbocycles. The summed E-state index contributed by atoms with van der Waals surface area (Å²) in [5, 5.41) is 10.2. The molecule has 4 rings (SSSR count). The SMILES string of the molecule is CC.CC(C)(C)CCCCC1CCC2C3CCC4CC(O)CCC4(C)C3CCC12C. The highest BCUT2D eigenvalue weighted by Crippen LogP contribution is 2.67. The van der Waals surface area contributed by atoms with Gasteiger partial charge in [0.25, 0.3) is 0 Å². The number of aliphatic hydroxyl groups is 1. The van der Waals surface area contributed by atoms with E-state index in [4.69, 9.17) is 0 Å². The molecule has 1 heteroatoms. The van der Waals surface area contributed by atoms with Crippen LogP contribution in [0.5, 0.6) is 0 Å². The predicted molar refractivity (Wildman–Crippen MR) is 130 cm³/mol. The molecular formula is C29H54O. The molecule has 8 atom stereocenters. The number of aliphatic hydroxyl groups excluding tert-OH is 1. The first-order chi connectivity index (χ1) is 14.1. The third kappa shape index (κ3) is 4.67. The van der Waals surface area contributed by atoms with E-state index in [0.29, 0.717) is 16.2 Å². The largest absolute Gasteiger partial charge is 0.393 e. The van der Waals surface area contributed by atoms with Gasteiger partial charge in [-0.2, -0.15) is 0 Å². The average molecular weight is 419 g/mol. The fourth-order valence-corrected chi connectivity index (χ4v) is 8.86. The van der Waals surface area contributed by atoms with E-state index in [1.54, 1.807) is 0 Å². The van der Waals surface area contributed by atoms with E-state index in [1.165, 1.54) is 70.6 Å². The number of hydrogen-bond donors (Lipinski definition) is 1. The van der Waals surface area contributed by atoms with Gasteiger partial charge in [-0.1, -0.05) is 61.3 Å². The molecule has 0 amide bonds. The van der Waals surface area contributed by atoms with Crippen molar-refractivity contribution >= 4 is 0 Å². The Morgan fingerprint density at radius 3 is 2.17 bits per heavy atom. The van der Waals surface area contributed by atoms with Gasteiger partial charge < -0.3 is 5.11 Å². The van der Waals surface area contributed by atoms with Gasteiger partial charge in [0.1, 0.15) is 0 Å². The van der Waals surface area contributed by atoms with Crippen LogP contribution in [0.3, 0.4) is 0 Å². The highest BCUT2D eigenvalue weighted by molar-refractivity contribution is 5.09. The molecular weight excluding hydrogens is 364 g/mol. The standard InChI is InChI=1S/C27H48O.C2H6/c1-25(2,3)15-7-6-8-19-10-12-23-22-11-9-20-18-21(28)13-16-27(20,5)24(22)14-17-26(19,23)4;1-2/h19-24,28H,6-18H2,1-5H3;1-2H3. The maximum Gasteiger partial charge on any atom is 0.0543 e. The molecule has 0 aromatic heterocycles. The van der Waals surface area contributed by atoms with Crippen molar-refractivity contribution in [2.45, 2.75) is 138 Å². The third-order valence-electron chi connectivity index (χ3n) is 10.6. The van der Waals surface area contributed by atoms with Crippen molar-refractivity contribution in [3.8, 4) is 0 Å². The molecule has 0 aliphatic heterocycles. The number of unbranched alkanes of at least 4 members (excludes halogenated alkanes) is 1. The van der Waals surface area contributed by atoms with Crippen molar-refractivity contribution in [1.82, 2.24) is 0 Å². The summed E-state index contributed by atoms with van der Waals surface area (Å²) in [5.74, 6) is 4.75. The highest BCUT2D eigenvalue weighted by atomic mass is 16.3. The second-order valence-corrected chi connectivity index (χ2v) is 13.2. The molecule has 8 unspecified atom stereocenters. The van der Waals surface area contributed by atoms with Crippen LogP contribution in [0.2, 0.25) is 0 Å². The summed E-state index contributed by atoms with van der Waals surface area (Å²) in [6.45, 7) is 16.5. The van der Waals surface area contributed by atoms with E-state index in [2.05, 4.69) is 34.6 Å². The Labute approximate surface area is 189 Å². The Morgan fingerprint density at radius 2 is 1.47 bits per heavy atom. The maximum absolute atomic E-state index is 10.2. The van der Waals surface area contributed by atoms with E-state index in [9.17, 15) is 5.11 Å². The predicted octanol–water partition coefficient (Wildman–Crippen LogP) is 8.64. The van der Waals surface area contributed by atoms with Crippen LogP contribution < -0.4 is 0 Å². The third-order valence-corrected chi connectivity index (χ3v) is 10.6. The van der Waals surface area contributed by atoms with Gasteiger partial charge in [0.2, 0.25) is 0 Å². The lowest BCUT2D eigenvalue weighted by Gasteiger charge is -2.61. The normalized spacial score (nSPS) is 45.6. The van der Waals surface area contributed by atoms with E-state index < -0.39 is 0 Å². The first-order valence-electron chi connectivity index (χ1n) is 13.8. The molecule has 30 heavy (non-hydrogen) atoms. The van der Waals surface area contributed by atoms with Crippen molar-refractivity contribution in [2.24, 2.45) is 45.8 Å². The Bertz CT molecular complexity index is 547. The first-order valence-corrected chi connectivity index (χ1v) is 13.8. The molecule has 4 saturated carbocycles. The molecule has 0 heterocycles. The van der Waals surface area contributed by atoms with Crippen LogP contribution in [0, 0.1) is 45.8 Å². The summed E-state index contributed by atoms with van der Waals surface area (Å²) in [6.07, 6.45) is 18.1. The van der Waals surface area contributed by atoms with Crippen molar-refractivity contribution in [3.63, 3.8) is 0 Å². The summed E-state index contributed by atoms with van der Waals surface area (Å²) >= 11 is 0. The van der Waals surface area contributed by atoms with Crippen LogP contribution in [0.1, 0.15) is 132 Å². The van der Waals surface area contributed by atoms with Gasteiger partial charge >= 0.3 is 0 Å². The van der Waals surface area contributed by atoms with Crippen molar-refractivity contribution in [1.29, 1.82) is 0 Å². The minimum atomic E-state index is -0.00700. The van der Waals surface area contributed by atoms with Crippen molar-refractivity contribution < 1.29 is 5.11 Å². The van der Waals surface area contributed by atoms with Gasteiger partial charge in [-0.25, -0.2) is 0 Å². The topological polar surface area (TPSA) is 20.2 Å². The summed E-state index contributed by atoms with van der Waals surface area (Å²) in [4.78, 5) is 0. The van der Waals surface area contributed by atoms with Crippen LogP contribution in [-0.4, -0.2) is 11.2 Å². The molecule has 176 valence electrons. The Morgan fingerprint density at radius 1 is 0.800 bits per heavy atom. The quantitative estimate of drug-likeness (QED) is 0.453. The molecule has 1 N–H and O–H groups in total. The molecule has 0 aromatic rings. The van der Waals surface area contributed by atoms with Crippen LogP contribution in [0.25, 0.3) is 0 Å². The molecule has 1 nitrogen and oxygen atoms in total. The Balaban J connectivity index is 0.00000124. The van der Waals surface area contributed by atoms with Gasteiger partial charge in [-0.3, -0.25) is 0 Å². The maximum atomic E-state index is 10.2. The fourth-order valence-electron chi connectivity index (χ4n) is 8.86. The lowest BCUT2D eigenvalue weighted by molar-refractivity contribution is -0.127. The minimum absolute atomic E-state index is 0.00700. The van der Waals surface area contributed by atoms with Gasteiger partial charge in [0, 0.05) is 0 Å². The monoisotopic (exact) mass is 418 g/mol. The summed E-state index contributed by atoms with van der Waals surface area (Å²) in [6, 6.07) is 0. The van der Waals surface area contributed by atoms with Crippen LogP contribution in [0.15, 0.2) is 0 Å². The Kier molecular flexibility index (Phi) is 7.74. The molecule has 0 bridgehead atoms. The first kappa shape index (κ1) is 24.6. The second kappa shape index (κ2) is 9.44. The van der Waals surface area contributed by atoms with Gasteiger partial charge in [0.05, 0.1) is 6.10 Å². The smallest absolute Gasteiger partial charge is 0.0543 e. The molecule has 0 radical (unpaired) electrons. The van der Waals surface area contributed by atoms with Crippen LogP contribution >= 0.6 is 0 Å².